The topological polar surface area (TPSA) is 110 Å². The highest BCUT2D eigenvalue weighted by Gasteiger charge is 2.39. The van der Waals surface area contributed by atoms with Crippen molar-refractivity contribution in [3.63, 3.8) is 0 Å². The van der Waals surface area contributed by atoms with Crippen LogP contribution in [0.2, 0.25) is 10.0 Å². The first-order valence-electron chi connectivity index (χ1n) is 10.8. The van der Waals surface area contributed by atoms with E-state index in [-0.39, 0.29) is 17.4 Å². The van der Waals surface area contributed by atoms with Crippen molar-refractivity contribution in [3.8, 4) is 5.75 Å². The van der Waals surface area contributed by atoms with Crippen LogP contribution in [0.1, 0.15) is 45.2 Å². The van der Waals surface area contributed by atoms with Gasteiger partial charge in [-0.3, -0.25) is 5.10 Å². The largest absolute Gasteiger partial charge is 0.598 e. The fourth-order valence-electron chi connectivity index (χ4n) is 3.75. The Morgan fingerprint density at radius 1 is 1.35 bits per heavy atom. The lowest BCUT2D eigenvalue weighted by molar-refractivity contribution is 0.233. The summed E-state index contributed by atoms with van der Waals surface area (Å²) in [5, 5.41) is 7.01. The van der Waals surface area contributed by atoms with Crippen LogP contribution in [0.3, 0.4) is 0 Å². The van der Waals surface area contributed by atoms with Crippen molar-refractivity contribution in [2.24, 2.45) is 5.92 Å². The highest BCUT2D eigenvalue weighted by molar-refractivity contribution is 7.90. The number of benzene rings is 1. The van der Waals surface area contributed by atoms with Crippen molar-refractivity contribution in [1.29, 1.82) is 0 Å². The van der Waals surface area contributed by atoms with Gasteiger partial charge in [-0.15, -0.1) is 4.72 Å². The number of nitrogens with zero attached hydrogens (tertiary/aromatic N) is 2. The molecule has 2 aromatic rings. The SMILES string of the molecule is C=CCOc1cc(Cl)c(Cl)cc1C(N[S@@+]([O-])C(C)(C)C)C1CCN(S(=O)(=O)c2cn[nH]c2)CC1. The molecule has 0 bridgehead atoms. The molecule has 188 valence electrons. The Balaban J connectivity index is 1.91. The number of hydrogen-bond acceptors (Lipinski definition) is 6. The second kappa shape index (κ2) is 11.2. The zero-order valence-corrected chi connectivity index (χ0v) is 22.5. The van der Waals surface area contributed by atoms with Gasteiger partial charge < -0.3 is 9.29 Å². The summed E-state index contributed by atoms with van der Waals surface area (Å²) in [5.74, 6) is 0.497. The van der Waals surface area contributed by atoms with Gasteiger partial charge in [-0.2, -0.15) is 9.40 Å². The Labute approximate surface area is 214 Å². The molecule has 1 unspecified atom stereocenters. The molecule has 0 amide bonds. The first kappa shape index (κ1) is 27.3. The van der Waals surface area contributed by atoms with E-state index in [4.69, 9.17) is 27.9 Å². The van der Waals surface area contributed by atoms with Gasteiger partial charge in [-0.25, -0.2) is 8.42 Å². The van der Waals surface area contributed by atoms with E-state index in [0.29, 0.717) is 41.7 Å². The van der Waals surface area contributed by atoms with E-state index in [0.717, 1.165) is 5.56 Å². The number of piperidine rings is 1. The number of aromatic amines is 1. The molecule has 0 aliphatic carbocycles. The highest BCUT2D eigenvalue weighted by atomic mass is 35.5. The molecular formula is C22H30Cl2N4O4S2. The lowest BCUT2D eigenvalue weighted by Gasteiger charge is -2.37. The second-order valence-corrected chi connectivity index (χ2v) is 13.8. The Morgan fingerprint density at radius 2 is 2.00 bits per heavy atom. The smallest absolute Gasteiger partial charge is 0.246 e. The number of aromatic nitrogens is 2. The van der Waals surface area contributed by atoms with Gasteiger partial charge in [0.2, 0.25) is 10.0 Å². The summed E-state index contributed by atoms with van der Waals surface area (Å²) in [6.45, 7) is 10.3. The van der Waals surface area contributed by atoms with Crippen LogP contribution in [-0.4, -0.2) is 51.9 Å². The average Bonchev–Trinajstić information content (AvgIpc) is 3.33. The molecule has 1 fully saturated rings. The number of sulfonamides is 1. The molecule has 2 atom stereocenters. The third-order valence-electron chi connectivity index (χ3n) is 5.62. The summed E-state index contributed by atoms with van der Waals surface area (Å²) < 4.78 is 49.0. The summed E-state index contributed by atoms with van der Waals surface area (Å²) in [5.41, 5.74) is 0.727. The Hall–Kier alpha value is -1.27. The number of halogens is 2. The summed E-state index contributed by atoms with van der Waals surface area (Å²) in [7, 11) is -3.63. The van der Waals surface area contributed by atoms with Crippen LogP contribution in [0.4, 0.5) is 0 Å². The minimum atomic E-state index is -3.63. The van der Waals surface area contributed by atoms with Crippen molar-refractivity contribution in [3.05, 3.63) is 52.8 Å². The minimum Gasteiger partial charge on any atom is -0.598 e. The van der Waals surface area contributed by atoms with Gasteiger partial charge in [-0.1, -0.05) is 35.9 Å². The number of rotatable bonds is 9. The molecular weight excluding hydrogens is 519 g/mol. The Kier molecular flexibility index (Phi) is 9.00. The van der Waals surface area contributed by atoms with Crippen LogP contribution in [-0.2, 0) is 21.4 Å². The van der Waals surface area contributed by atoms with Crippen LogP contribution >= 0.6 is 23.2 Å². The van der Waals surface area contributed by atoms with Crippen molar-refractivity contribution < 1.29 is 17.7 Å². The lowest BCUT2D eigenvalue weighted by atomic mass is 9.86. The van der Waals surface area contributed by atoms with E-state index in [1.165, 1.54) is 16.7 Å². The zero-order valence-electron chi connectivity index (χ0n) is 19.4. The molecule has 12 heteroatoms. The normalized spacial score (nSPS) is 17.9. The summed E-state index contributed by atoms with van der Waals surface area (Å²) in [6, 6.07) is 2.98. The van der Waals surface area contributed by atoms with Crippen molar-refractivity contribution in [1.82, 2.24) is 19.2 Å². The monoisotopic (exact) mass is 548 g/mol. The molecule has 1 aliphatic rings. The number of nitrogens with one attached hydrogen (secondary N) is 2. The van der Waals surface area contributed by atoms with Crippen LogP contribution in [0, 0.1) is 5.92 Å². The molecule has 2 heterocycles. The number of H-pyrrole nitrogens is 1. The Morgan fingerprint density at radius 3 is 2.56 bits per heavy atom. The molecule has 1 saturated heterocycles. The molecule has 3 rings (SSSR count). The summed E-state index contributed by atoms with van der Waals surface area (Å²) in [4.78, 5) is 0.138. The van der Waals surface area contributed by atoms with E-state index in [1.807, 2.05) is 20.8 Å². The van der Waals surface area contributed by atoms with Gasteiger partial charge in [0.1, 0.15) is 22.0 Å². The van der Waals surface area contributed by atoms with E-state index in [2.05, 4.69) is 21.5 Å². The van der Waals surface area contributed by atoms with Crippen molar-refractivity contribution in [2.45, 2.75) is 49.3 Å². The number of ether oxygens (including phenoxy) is 1. The predicted molar refractivity (Wildman–Crippen MR) is 136 cm³/mol. The van der Waals surface area contributed by atoms with E-state index >= 15 is 0 Å². The predicted octanol–water partition coefficient (Wildman–Crippen LogP) is 4.48. The van der Waals surface area contributed by atoms with Crippen molar-refractivity contribution >= 4 is 44.6 Å². The standard InChI is InChI=1S/C22H30Cl2N4O4S2/c1-5-10-32-20-12-19(24)18(23)11-17(20)21(27-33(29)22(2,3)4)15-6-8-28(9-7-15)34(30,31)16-13-25-26-14-16/h5,11-15,21,27H,1,6-10H2,2-4H3,(H,25,26)/t21?,33-/m0/s1. The molecule has 0 radical (unpaired) electrons. The molecule has 8 nitrogen and oxygen atoms in total. The average molecular weight is 550 g/mol. The van der Waals surface area contributed by atoms with Gasteiger partial charge in [0.25, 0.3) is 0 Å². The minimum absolute atomic E-state index is 0.0228. The highest BCUT2D eigenvalue weighted by Crippen LogP contribution is 2.41. The van der Waals surface area contributed by atoms with E-state index in [1.54, 1.807) is 18.2 Å². The quantitative estimate of drug-likeness (QED) is 0.353. The maximum absolute atomic E-state index is 13.1. The lowest BCUT2D eigenvalue weighted by Crippen LogP contribution is -2.46. The third-order valence-corrected chi connectivity index (χ3v) is 9.78. The fraction of sp³-hybridized carbons (Fsp3) is 0.500. The molecule has 0 spiro atoms. The van der Waals surface area contributed by atoms with Crippen LogP contribution in [0.25, 0.3) is 0 Å². The number of hydrogen-bond donors (Lipinski definition) is 2. The van der Waals surface area contributed by atoms with E-state index < -0.39 is 32.2 Å². The maximum Gasteiger partial charge on any atom is 0.246 e. The molecule has 0 saturated carbocycles. The summed E-state index contributed by atoms with van der Waals surface area (Å²) >= 11 is 11.2. The molecule has 1 aliphatic heterocycles. The Bertz CT molecular complexity index is 1080. The van der Waals surface area contributed by atoms with Gasteiger partial charge in [-0.05, 0) is 45.6 Å². The van der Waals surface area contributed by atoms with Gasteiger partial charge in [0, 0.05) is 42.3 Å². The third kappa shape index (κ3) is 6.29. The van der Waals surface area contributed by atoms with Crippen LogP contribution < -0.4 is 9.46 Å². The summed E-state index contributed by atoms with van der Waals surface area (Å²) in [6.07, 6.45) is 5.41. The fourth-order valence-corrected chi connectivity index (χ4v) is 6.35. The van der Waals surface area contributed by atoms with Crippen molar-refractivity contribution in [2.75, 3.05) is 19.7 Å². The second-order valence-electron chi connectivity index (χ2n) is 9.06. The zero-order chi connectivity index (χ0) is 25.1. The van der Waals surface area contributed by atoms with Crippen LogP contribution in [0.5, 0.6) is 5.75 Å². The van der Waals surface area contributed by atoms with E-state index in [9.17, 15) is 13.0 Å². The molecule has 1 aromatic heterocycles. The first-order chi connectivity index (χ1) is 15.9. The van der Waals surface area contributed by atoms with Gasteiger partial charge >= 0.3 is 0 Å². The molecule has 34 heavy (non-hydrogen) atoms. The van der Waals surface area contributed by atoms with Gasteiger partial charge in [0.15, 0.2) is 0 Å². The maximum atomic E-state index is 13.1. The first-order valence-corrected chi connectivity index (χ1v) is 14.2. The van der Waals surface area contributed by atoms with Crippen LogP contribution in [0.15, 0.2) is 42.1 Å². The molecule has 2 N–H and O–H groups in total. The molecule has 1 aromatic carbocycles. The van der Waals surface area contributed by atoms with Gasteiger partial charge in [0.05, 0.1) is 22.3 Å².